The second-order valence-corrected chi connectivity index (χ2v) is 8.73. The quantitative estimate of drug-likeness (QED) is 0.622. The second-order valence-electron chi connectivity index (χ2n) is 8.73. The van der Waals surface area contributed by atoms with Crippen molar-refractivity contribution in [3.8, 4) is 5.75 Å². The lowest BCUT2D eigenvalue weighted by Gasteiger charge is -2.37. The molecule has 2 unspecified atom stereocenters. The zero-order valence-electron chi connectivity index (χ0n) is 17.3. The molecule has 0 spiro atoms. The second kappa shape index (κ2) is 7.80. The first-order chi connectivity index (χ1) is 12.8. The van der Waals surface area contributed by atoms with E-state index in [2.05, 4.69) is 0 Å². The standard InChI is InChI=1S/C22H29NO5/c1-20(2,3)27-18(24)22(14-8-7-9-17(22)23)15-10-12-16(13-11-15)26-19(25)28-21(4,5)6/h7-14,17H,23H2,1-6H3. The summed E-state index contributed by atoms with van der Waals surface area (Å²) >= 11 is 0. The topological polar surface area (TPSA) is 87.8 Å². The molecule has 0 amide bonds. The maximum absolute atomic E-state index is 13.1. The molecule has 6 nitrogen and oxygen atoms in total. The fourth-order valence-electron chi connectivity index (χ4n) is 2.79. The van der Waals surface area contributed by atoms with E-state index in [1.54, 1.807) is 69.3 Å². The maximum atomic E-state index is 13.1. The van der Waals surface area contributed by atoms with Gasteiger partial charge in [-0.05, 0) is 59.2 Å². The van der Waals surface area contributed by atoms with E-state index < -0.39 is 34.8 Å². The zero-order chi connectivity index (χ0) is 21.2. The van der Waals surface area contributed by atoms with Crippen LogP contribution >= 0.6 is 0 Å². The van der Waals surface area contributed by atoms with Crippen LogP contribution in [0.2, 0.25) is 0 Å². The van der Waals surface area contributed by atoms with Crippen molar-refractivity contribution in [3.05, 3.63) is 54.1 Å². The molecule has 0 bridgehead atoms. The van der Waals surface area contributed by atoms with Crippen LogP contribution in [0.5, 0.6) is 5.75 Å². The third kappa shape index (κ3) is 5.23. The van der Waals surface area contributed by atoms with Gasteiger partial charge in [0.1, 0.15) is 22.4 Å². The Hall–Kier alpha value is -2.60. The molecule has 0 aliphatic heterocycles. The van der Waals surface area contributed by atoms with Crippen molar-refractivity contribution in [2.45, 2.75) is 64.2 Å². The zero-order valence-corrected chi connectivity index (χ0v) is 17.3. The smallest absolute Gasteiger partial charge is 0.459 e. The number of nitrogens with two attached hydrogens (primary N) is 1. The number of allylic oxidation sites excluding steroid dienone is 2. The van der Waals surface area contributed by atoms with Gasteiger partial charge in [-0.2, -0.15) is 0 Å². The average molecular weight is 387 g/mol. The Bertz CT molecular complexity index is 781. The van der Waals surface area contributed by atoms with Crippen molar-refractivity contribution >= 4 is 12.1 Å². The molecule has 0 heterocycles. The van der Waals surface area contributed by atoms with Gasteiger partial charge in [0.2, 0.25) is 0 Å². The first-order valence-electron chi connectivity index (χ1n) is 9.20. The highest BCUT2D eigenvalue weighted by molar-refractivity contribution is 5.88. The molecule has 2 rings (SSSR count). The summed E-state index contributed by atoms with van der Waals surface area (Å²) in [5.74, 6) is -0.129. The summed E-state index contributed by atoms with van der Waals surface area (Å²) in [4.78, 5) is 24.9. The third-order valence-corrected chi connectivity index (χ3v) is 3.97. The fourth-order valence-corrected chi connectivity index (χ4v) is 2.79. The molecule has 0 saturated carbocycles. The number of benzene rings is 1. The van der Waals surface area contributed by atoms with Gasteiger partial charge in [-0.15, -0.1) is 0 Å². The highest BCUT2D eigenvalue weighted by Gasteiger charge is 2.46. The Morgan fingerprint density at radius 2 is 1.50 bits per heavy atom. The number of rotatable bonds is 3. The van der Waals surface area contributed by atoms with Crippen LogP contribution in [0.15, 0.2) is 48.6 Å². The van der Waals surface area contributed by atoms with Crippen LogP contribution in [0.4, 0.5) is 4.79 Å². The summed E-state index contributed by atoms with van der Waals surface area (Å²) in [6.45, 7) is 10.7. The Balaban J connectivity index is 2.30. The van der Waals surface area contributed by atoms with Crippen LogP contribution in [-0.2, 0) is 19.7 Å². The van der Waals surface area contributed by atoms with Crippen molar-refractivity contribution in [2.24, 2.45) is 5.73 Å². The molecule has 152 valence electrons. The van der Waals surface area contributed by atoms with Crippen molar-refractivity contribution in [2.75, 3.05) is 0 Å². The number of ether oxygens (including phenoxy) is 3. The van der Waals surface area contributed by atoms with E-state index in [0.717, 1.165) is 0 Å². The maximum Gasteiger partial charge on any atom is 0.514 e. The predicted molar refractivity (Wildman–Crippen MR) is 107 cm³/mol. The molecule has 0 aromatic heterocycles. The number of hydrogen-bond acceptors (Lipinski definition) is 6. The first-order valence-corrected chi connectivity index (χ1v) is 9.20. The summed E-state index contributed by atoms with van der Waals surface area (Å²) in [6, 6.07) is 6.01. The lowest BCUT2D eigenvalue weighted by molar-refractivity contribution is -0.160. The normalized spacial score (nSPS) is 21.9. The van der Waals surface area contributed by atoms with Gasteiger partial charge in [0.05, 0.1) is 0 Å². The molecule has 0 radical (unpaired) electrons. The van der Waals surface area contributed by atoms with E-state index in [9.17, 15) is 9.59 Å². The molecule has 6 heteroatoms. The summed E-state index contributed by atoms with van der Waals surface area (Å²) in [7, 11) is 0. The minimum Gasteiger partial charge on any atom is -0.459 e. The van der Waals surface area contributed by atoms with E-state index in [1.165, 1.54) is 0 Å². The highest BCUT2D eigenvalue weighted by atomic mass is 16.7. The summed E-state index contributed by atoms with van der Waals surface area (Å²) in [5, 5.41) is 0. The third-order valence-electron chi connectivity index (χ3n) is 3.97. The van der Waals surface area contributed by atoms with Crippen molar-refractivity contribution in [1.82, 2.24) is 0 Å². The lowest BCUT2D eigenvalue weighted by atomic mass is 9.72. The largest absolute Gasteiger partial charge is 0.514 e. The van der Waals surface area contributed by atoms with Gasteiger partial charge in [-0.1, -0.05) is 36.4 Å². The molecule has 1 aromatic rings. The van der Waals surface area contributed by atoms with E-state index >= 15 is 0 Å². The van der Waals surface area contributed by atoms with E-state index in [1.807, 2.05) is 20.8 Å². The van der Waals surface area contributed by atoms with Gasteiger partial charge in [0.25, 0.3) is 0 Å². The van der Waals surface area contributed by atoms with E-state index in [4.69, 9.17) is 19.9 Å². The molecule has 1 aliphatic carbocycles. The fraction of sp³-hybridized carbons (Fsp3) is 0.455. The summed E-state index contributed by atoms with van der Waals surface area (Å²) in [6.07, 6.45) is 6.29. The summed E-state index contributed by atoms with van der Waals surface area (Å²) < 4.78 is 16.0. The molecule has 1 aliphatic rings. The number of esters is 1. The van der Waals surface area contributed by atoms with Crippen molar-refractivity contribution < 1.29 is 23.8 Å². The van der Waals surface area contributed by atoms with Crippen LogP contribution in [0.3, 0.4) is 0 Å². The lowest BCUT2D eigenvalue weighted by Crippen LogP contribution is -2.52. The molecule has 1 aromatic carbocycles. The minimum absolute atomic E-state index is 0.307. The van der Waals surface area contributed by atoms with Crippen molar-refractivity contribution in [1.29, 1.82) is 0 Å². The molecule has 0 saturated heterocycles. The van der Waals surface area contributed by atoms with Crippen LogP contribution < -0.4 is 10.5 Å². The van der Waals surface area contributed by atoms with E-state index in [-0.39, 0.29) is 0 Å². The molecule has 2 N–H and O–H groups in total. The number of hydrogen-bond donors (Lipinski definition) is 1. The van der Waals surface area contributed by atoms with Gasteiger partial charge in [0.15, 0.2) is 0 Å². The average Bonchev–Trinajstić information content (AvgIpc) is 2.52. The Morgan fingerprint density at radius 3 is 2.00 bits per heavy atom. The van der Waals surface area contributed by atoms with E-state index in [0.29, 0.717) is 11.3 Å². The Kier molecular flexibility index (Phi) is 6.04. The molecule has 2 atom stereocenters. The molecular formula is C22H29NO5. The number of carbonyl (C=O) groups excluding carboxylic acids is 2. The van der Waals surface area contributed by atoms with Gasteiger partial charge in [0, 0.05) is 6.04 Å². The summed E-state index contributed by atoms with van der Waals surface area (Å²) in [5.41, 5.74) is 4.49. The highest BCUT2D eigenvalue weighted by Crippen LogP contribution is 2.36. The number of carbonyl (C=O) groups is 2. The molecule has 28 heavy (non-hydrogen) atoms. The predicted octanol–water partition coefficient (Wildman–Crippen LogP) is 4.03. The Labute approximate surface area is 166 Å². The first kappa shape index (κ1) is 21.7. The Morgan fingerprint density at radius 1 is 0.929 bits per heavy atom. The van der Waals surface area contributed by atoms with Crippen molar-refractivity contribution in [3.63, 3.8) is 0 Å². The van der Waals surface area contributed by atoms with Crippen LogP contribution in [0.1, 0.15) is 47.1 Å². The van der Waals surface area contributed by atoms with Crippen LogP contribution in [-0.4, -0.2) is 29.4 Å². The van der Waals surface area contributed by atoms with Gasteiger partial charge >= 0.3 is 12.1 Å². The van der Waals surface area contributed by atoms with Gasteiger partial charge in [-0.3, -0.25) is 4.79 Å². The monoisotopic (exact) mass is 387 g/mol. The SMILES string of the molecule is CC(C)(C)OC(=O)Oc1ccc(C2(C(=O)OC(C)(C)C)C=CC=CC2N)cc1. The van der Waals surface area contributed by atoms with Crippen LogP contribution in [0.25, 0.3) is 0 Å². The van der Waals surface area contributed by atoms with Crippen LogP contribution in [0, 0.1) is 0 Å². The molecule has 0 fully saturated rings. The minimum atomic E-state index is -1.16. The van der Waals surface area contributed by atoms with Gasteiger partial charge < -0.3 is 19.9 Å². The molecular weight excluding hydrogens is 358 g/mol. The van der Waals surface area contributed by atoms with Gasteiger partial charge in [-0.25, -0.2) is 4.79 Å².